The van der Waals surface area contributed by atoms with Crippen molar-refractivity contribution >= 4 is 35.2 Å². The van der Waals surface area contributed by atoms with Gasteiger partial charge in [-0.05, 0) is 54.3 Å². The molecular weight excluding hydrogens is 367 g/mol. The Morgan fingerprint density at radius 1 is 1.19 bits per heavy atom. The van der Waals surface area contributed by atoms with Gasteiger partial charge in [-0.25, -0.2) is 4.39 Å². The van der Waals surface area contributed by atoms with Crippen LogP contribution in [0.15, 0.2) is 47.5 Å². The second-order valence-corrected chi connectivity index (χ2v) is 7.77. The van der Waals surface area contributed by atoms with E-state index in [1.54, 1.807) is 36.7 Å². The molecule has 1 saturated heterocycles. The normalized spacial score (nSPS) is 28.2. The molecule has 2 fully saturated rings. The van der Waals surface area contributed by atoms with Crippen LogP contribution in [0.2, 0.25) is 5.02 Å². The quantitative estimate of drug-likeness (QED) is 0.847. The van der Waals surface area contributed by atoms with Crippen molar-refractivity contribution in [3.8, 4) is 0 Å². The second-order valence-electron chi connectivity index (χ2n) is 7.33. The lowest BCUT2D eigenvalue weighted by molar-refractivity contribution is -0.118. The fourth-order valence-corrected chi connectivity index (χ4v) is 4.46. The summed E-state index contributed by atoms with van der Waals surface area (Å²) in [4.78, 5) is 19.3. The molecule has 0 radical (unpaired) electrons. The van der Waals surface area contributed by atoms with Crippen LogP contribution in [-0.4, -0.2) is 30.2 Å². The maximum absolute atomic E-state index is 13.7. The van der Waals surface area contributed by atoms with E-state index in [4.69, 9.17) is 11.6 Å². The molecule has 4 atom stereocenters. The summed E-state index contributed by atoms with van der Waals surface area (Å²) in [6.45, 7) is 1.59. The van der Waals surface area contributed by atoms with Crippen LogP contribution in [0.5, 0.6) is 0 Å². The van der Waals surface area contributed by atoms with E-state index in [0.717, 1.165) is 30.0 Å². The van der Waals surface area contributed by atoms with Crippen LogP contribution in [0.4, 0.5) is 15.8 Å². The maximum atomic E-state index is 13.7. The zero-order chi connectivity index (χ0) is 18.5. The number of nitrogens with one attached hydrogen (secondary N) is 2. The predicted octanol–water partition coefficient (Wildman–Crippen LogP) is 3.75. The number of likely N-dealkylation sites (tertiary alicyclic amines) is 1. The molecule has 2 heterocycles. The molecule has 1 amide bonds. The summed E-state index contributed by atoms with van der Waals surface area (Å²) in [5, 5.41) is 6.68. The number of carbonyl (C=O) groups is 1. The van der Waals surface area contributed by atoms with Crippen LogP contribution in [-0.2, 0) is 4.79 Å². The highest BCUT2D eigenvalue weighted by Gasteiger charge is 2.60. The first kappa shape index (κ1) is 16.7. The first-order chi connectivity index (χ1) is 13.1. The lowest BCUT2D eigenvalue weighted by atomic mass is 10.1. The average Bonchev–Trinajstić information content (AvgIpc) is 3.17. The van der Waals surface area contributed by atoms with Gasteiger partial charge in [0.25, 0.3) is 0 Å². The van der Waals surface area contributed by atoms with Gasteiger partial charge in [0.2, 0.25) is 5.91 Å². The van der Waals surface area contributed by atoms with Crippen molar-refractivity contribution in [3.05, 3.63) is 58.9 Å². The summed E-state index contributed by atoms with van der Waals surface area (Å²) < 4.78 is 13.7. The van der Waals surface area contributed by atoms with Crippen molar-refractivity contribution in [3.63, 3.8) is 0 Å². The Balaban J connectivity index is 1.24. The fraction of sp³-hybridized carbons (Fsp3) is 0.300. The van der Waals surface area contributed by atoms with E-state index in [1.807, 2.05) is 0 Å². The molecule has 2 aromatic rings. The maximum Gasteiger partial charge on any atom is 0.228 e. The molecule has 0 aromatic heterocycles. The third-order valence-corrected chi connectivity index (χ3v) is 5.96. The van der Waals surface area contributed by atoms with Crippen LogP contribution in [0.3, 0.4) is 0 Å². The minimum Gasteiger partial charge on any atom is -0.346 e. The van der Waals surface area contributed by atoms with Crippen LogP contribution in [0, 0.1) is 23.6 Å². The van der Waals surface area contributed by atoms with Crippen LogP contribution >= 0.6 is 11.6 Å². The molecular formula is C20H18ClFN4O. The number of hydrogen-bond donors (Lipinski definition) is 2. The average molecular weight is 385 g/mol. The number of rotatable bonds is 3. The molecule has 5 nitrogen and oxygen atoms in total. The highest BCUT2D eigenvalue weighted by atomic mass is 35.5. The SMILES string of the molecule is O=C(Nc1ccc(Cl)cc1)[C@@H]1[C@@H]2CN(C3N=CNc4ccc(F)cc43)C[C@@H]21. The van der Waals surface area contributed by atoms with Crippen molar-refractivity contribution in [2.75, 3.05) is 23.7 Å². The Morgan fingerprint density at radius 3 is 2.67 bits per heavy atom. The van der Waals surface area contributed by atoms with Crippen molar-refractivity contribution in [2.45, 2.75) is 6.17 Å². The molecule has 5 rings (SSSR count). The summed E-state index contributed by atoms with van der Waals surface area (Å²) in [5.74, 6) is 0.503. The second kappa shape index (κ2) is 6.32. The molecule has 1 unspecified atom stereocenters. The number of piperidine rings is 1. The predicted molar refractivity (Wildman–Crippen MR) is 103 cm³/mol. The molecule has 0 spiro atoms. The smallest absolute Gasteiger partial charge is 0.228 e. The number of fused-ring (bicyclic) bond motifs is 2. The number of benzene rings is 2. The summed E-state index contributed by atoms with van der Waals surface area (Å²) >= 11 is 5.88. The number of carbonyl (C=O) groups excluding carboxylic acids is 1. The van der Waals surface area contributed by atoms with Crippen LogP contribution < -0.4 is 10.6 Å². The van der Waals surface area contributed by atoms with Gasteiger partial charge in [-0.1, -0.05) is 11.6 Å². The molecule has 1 aliphatic carbocycles. The van der Waals surface area contributed by atoms with Crippen molar-refractivity contribution in [1.82, 2.24) is 4.90 Å². The van der Waals surface area contributed by atoms with E-state index in [9.17, 15) is 9.18 Å². The molecule has 27 heavy (non-hydrogen) atoms. The van der Waals surface area contributed by atoms with Gasteiger partial charge in [0.1, 0.15) is 12.0 Å². The molecule has 2 aliphatic heterocycles. The van der Waals surface area contributed by atoms with Crippen molar-refractivity contribution in [1.29, 1.82) is 0 Å². The minimum absolute atomic E-state index is 0.0367. The minimum atomic E-state index is -0.262. The number of anilines is 2. The number of aliphatic imine (C=N–C) groups is 1. The number of halogens is 2. The number of hydrogen-bond acceptors (Lipinski definition) is 4. The van der Waals surface area contributed by atoms with E-state index in [1.165, 1.54) is 12.1 Å². The molecule has 2 N–H and O–H groups in total. The largest absolute Gasteiger partial charge is 0.346 e. The topological polar surface area (TPSA) is 56.7 Å². The Hall–Kier alpha value is -2.44. The highest BCUT2D eigenvalue weighted by Crippen LogP contribution is 2.54. The summed E-state index contributed by atoms with van der Waals surface area (Å²) in [6, 6.07) is 11.9. The van der Waals surface area contributed by atoms with E-state index < -0.39 is 0 Å². The monoisotopic (exact) mass is 384 g/mol. The van der Waals surface area contributed by atoms with Gasteiger partial charge in [-0.15, -0.1) is 0 Å². The van der Waals surface area contributed by atoms with E-state index in [0.29, 0.717) is 16.9 Å². The van der Waals surface area contributed by atoms with Gasteiger partial charge in [0.15, 0.2) is 0 Å². The summed E-state index contributed by atoms with van der Waals surface area (Å²) in [5.41, 5.74) is 2.49. The highest BCUT2D eigenvalue weighted by molar-refractivity contribution is 6.30. The van der Waals surface area contributed by atoms with Gasteiger partial charge >= 0.3 is 0 Å². The summed E-state index contributed by atoms with van der Waals surface area (Å²) in [7, 11) is 0. The summed E-state index contributed by atoms with van der Waals surface area (Å²) in [6.07, 6.45) is 1.48. The van der Waals surface area contributed by atoms with Crippen LogP contribution in [0.25, 0.3) is 0 Å². The van der Waals surface area contributed by atoms with Crippen LogP contribution in [0.1, 0.15) is 11.7 Å². The Kier molecular flexibility index (Phi) is 3.91. The van der Waals surface area contributed by atoms with Gasteiger partial charge in [0.05, 0.1) is 6.34 Å². The molecule has 2 aromatic carbocycles. The molecule has 7 heteroatoms. The van der Waals surface area contributed by atoms with Crippen molar-refractivity contribution < 1.29 is 9.18 Å². The number of amides is 1. The Morgan fingerprint density at radius 2 is 1.93 bits per heavy atom. The van der Waals surface area contributed by atoms with E-state index >= 15 is 0 Å². The number of nitrogens with zero attached hydrogens (tertiary/aromatic N) is 2. The lowest BCUT2D eigenvalue weighted by Crippen LogP contribution is -2.32. The third kappa shape index (κ3) is 2.99. The molecule has 138 valence electrons. The zero-order valence-electron chi connectivity index (χ0n) is 14.4. The van der Waals surface area contributed by atoms with Gasteiger partial charge in [0, 0.05) is 41.0 Å². The standard InChI is InChI=1S/C20H18ClFN4O/c21-11-1-4-13(5-2-11)25-20(27)18-15-8-26(9-16(15)18)19-14-7-12(22)3-6-17(14)23-10-24-19/h1-7,10,15-16,18-19H,8-9H2,(H,23,24)(H,25,27)/t15-,16+,18-,19?. The zero-order valence-corrected chi connectivity index (χ0v) is 15.2. The van der Waals surface area contributed by atoms with Gasteiger partial charge < -0.3 is 10.6 Å². The lowest BCUT2D eigenvalue weighted by Gasteiger charge is -2.30. The fourth-order valence-electron chi connectivity index (χ4n) is 4.33. The first-order valence-electron chi connectivity index (χ1n) is 8.98. The molecule has 1 saturated carbocycles. The van der Waals surface area contributed by atoms with Crippen molar-refractivity contribution in [2.24, 2.45) is 22.7 Å². The van der Waals surface area contributed by atoms with E-state index in [-0.39, 0.29) is 23.8 Å². The van der Waals surface area contributed by atoms with E-state index in [2.05, 4.69) is 20.5 Å². The Bertz CT molecular complexity index is 920. The van der Waals surface area contributed by atoms with Gasteiger partial charge in [-0.2, -0.15) is 0 Å². The van der Waals surface area contributed by atoms with Gasteiger partial charge in [-0.3, -0.25) is 14.7 Å². The molecule has 3 aliphatic rings. The Labute approximate surface area is 161 Å². The third-order valence-electron chi connectivity index (χ3n) is 5.71. The first-order valence-corrected chi connectivity index (χ1v) is 9.36. The molecule has 0 bridgehead atoms.